The summed E-state index contributed by atoms with van der Waals surface area (Å²) >= 11 is 0. The minimum atomic E-state index is -1.01. The van der Waals surface area contributed by atoms with Gasteiger partial charge in [-0.2, -0.15) is 0 Å². The topological polar surface area (TPSA) is 85.0 Å². The molecule has 0 saturated carbocycles. The van der Waals surface area contributed by atoms with Crippen LogP contribution in [0.1, 0.15) is 12.0 Å². The largest absolute Gasteiger partial charge is 0.493 e. The molecule has 1 aromatic rings. The lowest BCUT2D eigenvalue weighted by atomic mass is 10.2. The van der Waals surface area contributed by atoms with Crippen LogP contribution < -0.4 is 15.2 Å². The zero-order chi connectivity index (χ0) is 14.5. The highest BCUT2D eigenvalue weighted by Crippen LogP contribution is 2.29. The number of carboxylic acids is 1. The van der Waals surface area contributed by atoms with Crippen LogP contribution in [0.4, 0.5) is 0 Å². The molecule has 110 valence electrons. The van der Waals surface area contributed by atoms with Crippen molar-refractivity contribution in [3.8, 4) is 11.5 Å². The number of likely N-dealkylation sites (tertiary alicyclic amines) is 1. The maximum Gasteiger partial charge on any atom is 0.341 e. The fourth-order valence-corrected chi connectivity index (χ4v) is 2.34. The number of aliphatic carboxylic acids is 1. The van der Waals surface area contributed by atoms with E-state index in [0.717, 1.165) is 31.6 Å². The van der Waals surface area contributed by atoms with Gasteiger partial charge in [0, 0.05) is 25.7 Å². The first-order valence-corrected chi connectivity index (χ1v) is 6.58. The second kappa shape index (κ2) is 6.58. The molecule has 0 spiro atoms. The van der Waals surface area contributed by atoms with Crippen molar-refractivity contribution in [2.75, 3.05) is 26.8 Å². The fourth-order valence-electron chi connectivity index (χ4n) is 2.34. The summed E-state index contributed by atoms with van der Waals surface area (Å²) < 4.78 is 10.4. The standard InChI is InChI=1S/C14H20N2O4/c1-19-12-3-2-10(6-13(12)20-9-14(17)18)7-16-5-4-11(15)8-16/h2-3,6,11H,4-5,7-9,15H2,1H3,(H,17,18). The van der Waals surface area contributed by atoms with Gasteiger partial charge < -0.3 is 20.3 Å². The molecule has 0 aromatic heterocycles. The average Bonchev–Trinajstić information content (AvgIpc) is 2.82. The van der Waals surface area contributed by atoms with Gasteiger partial charge in [0.2, 0.25) is 0 Å². The zero-order valence-corrected chi connectivity index (χ0v) is 11.5. The van der Waals surface area contributed by atoms with Crippen LogP contribution in [0.5, 0.6) is 11.5 Å². The van der Waals surface area contributed by atoms with E-state index < -0.39 is 5.97 Å². The molecule has 1 fully saturated rings. The highest BCUT2D eigenvalue weighted by atomic mass is 16.5. The molecule has 1 aliphatic rings. The Kier molecular flexibility index (Phi) is 4.81. The molecule has 2 rings (SSSR count). The van der Waals surface area contributed by atoms with Gasteiger partial charge in [0.1, 0.15) is 0 Å². The van der Waals surface area contributed by atoms with E-state index in [1.807, 2.05) is 12.1 Å². The molecule has 6 heteroatoms. The van der Waals surface area contributed by atoms with Crippen LogP contribution in [-0.4, -0.2) is 48.8 Å². The molecule has 0 radical (unpaired) electrons. The van der Waals surface area contributed by atoms with Gasteiger partial charge >= 0.3 is 5.97 Å². The lowest BCUT2D eigenvalue weighted by Crippen LogP contribution is -2.26. The molecule has 0 aliphatic carbocycles. The zero-order valence-electron chi connectivity index (χ0n) is 11.5. The number of carbonyl (C=O) groups is 1. The molecule has 1 atom stereocenters. The first-order valence-electron chi connectivity index (χ1n) is 6.58. The van der Waals surface area contributed by atoms with Crippen molar-refractivity contribution >= 4 is 5.97 Å². The minimum Gasteiger partial charge on any atom is -0.493 e. The van der Waals surface area contributed by atoms with Gasteiger partial charge in [-0.15, -0.1) is 0 Å². The minimum absolute atomic E-state index is 0.246. The lowest BCUT2D eigenvalue weighted by molar-refractivity contribution is -0.139. The maximum absolute atomic E-state index is 10.6. The highest BCUT2D eigenvalue weighted by molar-refractivity contribution is 5.68. The summed E-state index contributed by atoms with van der Waals surface area (Å²) in [4.78, 5) is 12.9. The first-order chi connectivity index (χ1) is 9.58. The van der Waals surface area contributed by atoms with Gasteiger partial charge in [0.25, 0.3) is 0 Å². The molecular formula is C14H20N2O4. The molecular weight excluding hydrogens is 260 g/mol. The SMILES string of the molecule is COc1ccc(CN2CCC(N)C2)cc1OCC(=O)O. The molecule has 1 unspecified atom stereocenters. The number of nitrogens with two attached hydrogens (primary N) is 1. The van der Waals surface area contributed by atoms with E-state index in [4.69, 9.17) is 20.3 Å². The van der Waals surface area contributed by atoms with Crippen LogP contribution in [0, 0.1) is 0 Å². The van der Waals surface area contributed by atoms with Crippen molar-refractivity contribution in [1.29, 1.82) is 0 Å². The van der Waals surface area contributed by atoms with Crippen LogP contribution in [0.25, 0.3) is 0 Å². The van der Waals surface area contributed by atoms with Gasteiger partial charge in [-0.3, -0.25) is 4.90 Å². The summed E-state index contributed by atoms with van der Waals surface area (Å²) in [5.41, 5.74) is 6.94. The lowest BCUT2D eigenvalue weighted by Gasteiger charge is -2.17. The second-order valence-electron chi connectivity index (χ2n) is 4.95. The number of hydrogen-bond donors (Lipinski definition) is 2. The van der Waals surface area contributed by atoms with E-state index in [1.165, 1.54) is 7.11 Å². The van der Waals surface area contributed by atoms with Crippen LogP contribution in [-0.2, 0) is 11.3 Å². The van der Waals surface area contributed by atoms with Gasteiger partial charge in [0.15, 0.2) is 18.1 Å². The third-order valence-corrected chi connectivity index (χ3v) is 3.29. The molecule has 1 aromatic carbocycles. The van der Waals surface area contributed by atoms with Crippen molar-refractivity contribution in [2.45, 2.75) is 19.0 Å². The summed E-state index contributed by atoms with van der Waals surface area (Å²) in [6, 6.07) is 5.82. The third kappa shape index (κ3) is 3.85. The Morgan fingerprint density at radius 2 is 2.30 bits per heavy atom. The molecule has 3 N–H and O–H groups in total. The molecule has 1 saturated heterocycles. The number of methoxy groups -OCH3 is 1. The molecule has 0 amide bonds. The Morgan fingerprint density at radius 1 is 1.50 bits per heavy atom. The number of nitrogens with zero attached hydrogens (tertiary/aromatic N) is 1. The van der Waals surface area contributed by atoms with Crippen molar-refractivity contribution < 1.29 is 19.4 Å². The Morgan fingerprint density at radius 3 is 2.90 bits per heavy atom. The van der Waals surface area contributed by atoms with Gasteiger partial charge in [-0.1, -0.05) is 6.07 Å². The fraction of sp³-hybridized carbons (Fsp3) is 0.500. The van der Waals surface area contributed by atoms with Gasteiger partial charge in [0.05, 0.1) is 7.11 Å². The van der Waals surface area contributed by atoms with E-state index in [0.29, 0.717) is 11.5 Å². The molecule has 20 heavy (non-hydrogen) atoms. The number of ether oxygens (including phenoxy) is 2. The number of benzene rings is 1. The van der Waals surface area contributed by atoms with Crippen LogP contribution in [0.15, 0.2) is 18.2 Å². The number of carboxylic acid groups (broad SMARTS) is 1. The summed E-state index contributed by atoms with van der Waals surface area (Å²) in [6.07, 6.45) is 1.01. The summed E-state index contributed by atoms with van der Waals surface area (Å²) in [6.45, 7) is 2.27. The Hall–Kier alpha value is -1.79. The number of rotatable bonds is 6. The Bertz CT molecular complexity index is 478. The van der Waals surface area contributed by atoms with Crippen molar-refractivity contribution in [1.82, 2.24) is 4.90 Å². The van der Waals surface area contributed by atoms with E-state index in [1.54, 1.807) is 6.07 Å². The second-order valence-corrected chi connectivity index (χ2v) is 4.95. The highest BCUT2D eigenvalue weighted by Gasteiger charge is 2.19. The monoisotopic (exact) mass is 280 g/mol. The van der Waals surface area contributed by atoms with Crippen molar-refractivity contribution in [3.63, 3.8) is 0 Å². The van der Waals surface area contributed by atoms with E-state index >= 15 is 0 Å². The third-order valence-electron chi connectivity index (χ3n) is 3.29. The van der Waals surface area contributed by atoms with Gasteiger partial charge in [-0.25, -0.2) is 4.79 Å². The molecule has 1 heterocycles. The van der Waals surface area contributed by atoms with Crippen LogP contribution in [0.2, 0.25) is 0 Å². The normalized spacial score (nSPS) is 19.0. The Balaban J connectivity index is 2.06. The predicted molar refractivity (Wildman–Crippen MR) is 74.0 cm³/mol. The van der Waals surface area contributed by atoms with Crippen LogP contribution >= 0.6 is 0 Å². The van der Waals surface area contributed by atoms with E-state index in [9.17, 15) is 4.79 Å². The smallest absolute Gasteiger partial charge is 0.341 e. The Labute approximate surface area is 118 Å². The van der Waals surface area contributed by atoms with Crippen LogP contribution in [0.3, 0.4) is 0 Å². The van der Waals surface area contributed by atoms with Crippen molar-refractivity contribution in [3.05, 3.63) is 23.8 Å². The predicted octanol–water partition coefficient (Wildman–Crippen LogP) is 0.692. The van der Waals surface area contributed by atoms with Gasteiger partial charge in [-0.05, 0) is 24.1 Å². The molecule has 6 nitrogen and oxygen atoms in total. The maximum atomic E-state index is 10.6. The quantitative estimate of drug-likeness (QED) is 0.797. The summed E-state index contributed by atoms with van der Waals surface area (Å²) in [5.74, 6) is -0.0213. The first kappa shape index (κ1) is 14.6. The summed E-state index contributed by atoms with van der Waals surface area (Å²) in [7, 11) is 1.53. The van der Waals surface area contributed by atoms with Crippen molar-refractivity contribution in [2.24, 2.45) is 5.73 Å². The molecule has 1 aliphatic heterocycles. The van der Waals surface area contributed by atoms with E-state index in [2.05, 4.69) is 4.90 Å². The molecule has 0 bridgehead atoms. The van der Waals surface area contributed by atoms with E-state index in [-0.39, 0.29) is 12.6 Å². The summed E-state index contributed by atoms with van der Waals surface area (Å²) in [5, 5.41) is 8.68. The average molecular weight is 280 g/mol. The number of hydrogen-bond acceptors (Lipinski definition) is 5.